The lowest BCUT2D eigenvalue weighted by Crippen LogP contribution is -2.19. The lowest BCUT2D eigenvalue weighted by molar-refractivity contribution is 0.0316. The van der Waals surface area contributed by atoms with Crippen LogP contribution in [0.5, 0.6) is 0 Å². The van der Waals surface area contributed by atoms with Gasteiger partial charge in [-0.25, -0.2) is 22.7 Å². The first kappa shape index (κ1) is 14.9. The van der Waals surface area contributed by atoms with Crippen LogP contribution in [0.15, 0.2) is 17.0 Å². The largest absolute Gasteiger partial charge is 0.459 e. The Bertz CT molecular complexity index is 636. The van der Waals surface area contributed by atoms with Gasteiger partial charge in [-0.2, -0.15) is 0 Å². The molecule has 5 nitrogen and oxygen atoms in total. The number of ether oxygens (including phenoxy) is 1. The number of benzene rings is 1. The van der Waals surface area contributed by atoms with Gasteiger partial charge in [0, 0.05) is 0 Å². The summed E-state index contributed by atoms with van der Waals surface area (Å²) in [6, 6.07) is 1.78. The van der Waals surface area contributed by atoms with E-state index in [0.29, 0.717) is 0 Å². The van der Waals surface area contributed by atoms with Gasteiger partial charge in [0.1, 0.15) is 11.9 Å². The molecular formula is C13H16FNO4S. The van der Waals surface area contributed by atoms with Crippen molar-refractivity contribution in [3.05, 3.63) is 29.1 Å². The molecule has 110 valence electrons. The van der Waals surface area contributed by atoms with Gasteiger partial charge in [0.05, 0.1) is 10.5 Å². The number of hydrogen-bond donors (Lipinski definition) is 1. The molecule has 0 unspecified atom stereocenters. The van der Waals surface area contributed by atoms with E-state index in [1.165, 1.54) is 6.92 Å². The summed E-state index contributed by atoms with van der Waals surface area (Å²) in [5.74, 6) is -1.54. The molecule has 1 aliphatic carbocycles. The van der Waals surface area contributed by atoms with Crippen LogP contribution in [0, 0.1) is 12.7 Å². The Morgan fingerprint density at radius 3 is 2.50 bits per heavy atom. The normalized spacial score (nSPS) is 16.4. The lowest BCUT2D eigenvalue weighted by Gasteiger charge is -2.14. The SMILES string of the molecule is Cc1c(C(=O)OC2CCCC2)cc(F)cc1S(N)(=O)=O. The Kier molecular flexibility index (Phi) is 4.10. The molecule has 1 aliphatic rings. The summed E-state index contributed by atoms with van der Waals surface area (Å²) in [7, 11) is -4.09. The molecule has 0 atom stereocenters. The summed E-state index contributed by atoms with van der Waals surface area (Å²) in [5, 5.41) is 5.01. The second-order valence-electron chi connectivity index (χ2n) is 4.93. The highest BCUT2D eigenvalue weighted by molar-refractivity contribution is 7.89. The Balaban J connectivity index is 2.36. The van der Waals surface area contributed by atoms with Gasteiger partial charge >= 0.3 is 5.97 Å². The summed E-state index contributed by atoms with van der Waals surface area (Å²) in [4.78, 5) is 11.6. The van der Waals surface area contributed by atoms with Crippen molar-refractivity contribution in [3.63, 3.8) is 0 Å². The van der Waals surface area contributed by atoms with E-state index in [-0.39, 0.29) is 17.2 Å². The number of hydrogen-bond acceptors (Lipinski definition) is 4. The molecule has 0 saturated heterocycles. The Morgan fingerprint density at radius 2 is 1.95 bits per heavy atom. The summed E-state index contributed by atoms with van der Waals surface area (Å²) in [5.41, 5.74) is 0.0119. The highest BCUT2D eigenvalue weighted by Crippen LogP contribution is 2.25. The van der Waals surface area contributed by atoms with E-state index < -0.39 is 26.7 Å². The molecule has 0 amide bonds. The first-order valence-electron chi connectivity index (χ1n) is 6.33. The molecule has 20 heavy (non-hydrogen) atoms. The average Bonchev–Trinajstić information content (AvgIpc) is 2.83. The molecule has 0 spiro atoms. The van der Waals surface area contributed by atoms with Gasteiger partial charge in [-0.15, -0.1) is 0 Å². The number of primary sulfonamides is 1. The molecular weight excluding hydrogens is 285 g/mol. The molecule has 1 aromatic carbocycles. The minimum absolute atomic E-state index is 0.0964. The molecule has 1 fully saturated rings. The van der Waals surface area contributed by atoms with Gasteiger partial charge in [0.25, 0.3) is 0 Å². The molecule has 0 aromatic heterocycles. The first-order chi connectivity index (χ1) is 9.29. The monoisotopic (exact) mass is 301 g/mol. The number of nitrogens with two attached hydrogens (primary N) is 1. The van der Waals surface area contributed by atoms with Gasteiger partial charge in [-0.3, -0.25) is 0 Å². The number of esters is 1. The molecule has 7 heteroatoms. The van der Waals surface area contributed by atoms with E-state index in [1.807, 2.05) is 0 Å². The number of sulfonamides is 1. The zero-order valence-corrected chi connectivity index (χ0v) is 11.9. The van der Waals surface area contributed by atoms with Crippen molar-refractivity contribution in [2.45, 2.75) is 43.6 Å². The number of carbonyl (C=O) groups excluding carboxylic acids is 1. The summed E-state index contributed by atoms with van der Waals surface area (Å²) in [6.07, 6.45) is 3.36. The number of halogens is 1. The third-order valence-corrected chi connectivity index (χ3v) is 4.46. The van der Waals surface area contributed by atoms with Crippen molar-refractivity contribution in [1.82, 2.24) is 0 Å². The second-order valence-corrected chi connectivity index (χ2v) is 6.46. The Hall–Kier alpha value is -1.47. The first-order valence-corrected chi connectivity index (χ1v) is 7.87. The Morgan fingerprint density at radius 1 is 1.35 bits per heavy atom. The van der Waals surface area contributed by atoms with Crippen LogP contribution in [0.4, 0.5) is 4.39 Å². The minimum atomic E-state index is -4.09. The molecule has 2 N–H and O–H groups in total. The number of rotatable bonds is 3. The minimum Gasteiger partial charge on any atom is -0.459 e. The van der Waals surface area contributed by atoms with E-state index in [2.05, 4.69) is 0 Å². The molecule has 0 aliphatic heterocycles. The third kappa shape index (κ3) is 3.16. The van der Waals surface area contributed by atoms with Crippen LogP contribution in [-0.4, -0.2) is 20.5 Å². The van der Waals surface area contributed by atoms with Crippen LogP contribution in [0.3, 0.4) is 0 Å². The van der Waals surface area contributed by atoms with E-state index >= 15 is 0 Å². The lowest BCUT2D eigenvalue weighted by atomic mass is 10.1. The van der Waals surface area contributed by atoms with Crippen LogP contribution < -0.4 is 5.14 Å². The summed E-state index contributed by atoms with van der Waals surface area (Å²) < 4.78 is 41.5. The molecule has 0 bridgehead atoms. The van der Waals surface area contributed by atoms with Crippen molar-refractivity contribution in [3.8, 4) is 0 Å². The Labute approximate surface area is 117 Å². The van der Waals surface area contributed by atoms with Crippen LogP contribution in [-0.2, 0) is 14.8 Å². The predicted molar refractivity (Wildman–Crippen MR) is 70.2 cm³/mol. The maximum Gasteiger partial charge on any atom is 0.338 e. The average molecular weight is 301 g/mol. The van der Waals surface area contributed by atoms with E-state index in [0.717, 1.165) is 37.8 Å². The fourth-order valence-corrected chi connectivity index (χ4v) is 3.20. The van der Waals surface area contributed by atoms with Gasteiger partial charge in [0.2, 0.25) is 10.0 Å². The van der Waals surface area contributed by atoms with Crippen molar-refractivity contribution in [1.29, 1.82) is 0 Å². The number of carbonyl (C=O) groups is 1. The van der Waals surface area contributed by atoms with Crippen LogP contribution >= 0.6 is 0 Å². The molecule has 1 aromatic rings. The van der Waals surface area contributed by atoms with E-state index in [9.17, 15) is 17.6 Å². The topological polar surface area (TPSA) is 86.5 Å². The molecule has 2 rings (SSSR count). The maximum absolute atomic E-state index is 13.5. The zero-order chi connectivity index (χ0) is 14.9. The van der Waals surface area contributed by atoms with Crippen molar-refractivity contribution in [2.75, 3.05) is 0 Å². The second kappa shape index (κ2) is 5.49. The fraction of sp³-hybridized carbons (Fsp3) is 0.462. The van der Waals surface area contributed by atoms with Crippen LogP contribution in [0.2, 0.25) is 0 Å². The maximum atomic E-state index is 13.5. The fourth-order valence-electron chi connectivity index (χ4n) is 2.38. The predicted octanol–water partition coefficient (Wildman–Crippen LogP) is 1.88. The van der Waals surface area contributed by atoms with Gasteiger partial charge in [0.15, 0.2) is 0 Å². The van der Waals surface area contributed by atoms with Gasteiger partial charge in [-0.05, 0) is 50.3 Å². The smallest absolute Gasteiger partial charge is 0.338 e. The highest BCUT2D eigenvalue weighted by Gasteiger charge is 2.24. The molecule has 1 saturated carbocycles. The molecule has 0 heterocycles. The van der Waals surface area contributed by atoms with Crippen molar-refractivity contribution >= 4 is 16.0 Å². The zero-order valence-electron chi connectivity index (χ0n) is 11.1. The van der Waals surface area contributed by atoms with Gasteiger partial charge < -0.3 is 4.74 Å². The summed E-state index contributed by atoms with van der Waals surface area (Å²) >= 11 is 0. The van der Waals surface area contributed by atoms with Crippen LogP contribution in [0.1, 0.15) is 41.6 Å². The quantitative estimate of drug-likeness (QED) is 0.864. The standard InChI is InChI=1S/C13H16FNO4S/c1-8-11(13(16)19-10-4-2-3-5-10)6-9(14)7-12(8)20(15,17)18/h6-7,10H,2-5H2,1H3,(H2,15,17,18). The van der Waals surface area contributed by atoms with E-state index in [1.54, 1.807) is 0 Å². The summed E-state index contributed by atoms with van der Waals surface area (Å²) in [6.45, 7) is 1.41. The molecule has 0 radical (unpaired) electrons. The third-order valence-electron chi connectivity index (χ3n) is 3.43. The van der Waals surface area contributed by atoms with Crippen molar-refractivity contribution < 1.29 is 22.3 Å². The van der Waals surface area contributed by atoms with Crippen LogP contribution in [0.25, 0.3) is 0 Å². The van der Waals surface area contributed by atoms with Crippen molar-refractivity contribution in [2.24, 2.45) is 5.14 Å². The van der Waals surface area contributed by atoms with Gasteiger partial charge in [-0.1, -0.05) is 0 Å². The highest BCUT2D eigenvalue weighted by atomic mass is 32.2. The van der Waals surface area contributed by atoms with E-state index in [4.69, 9.17) is 9.88 Å².